The Morgan fingerprint density at radius 2 is 2.30 bits per heavy atom. The monoisotopic (exact) mass is 143 g/mol. The molecule has 0 aromatic carbocycles. The van der Waals surface area contributed by atoms with Crippen LogP contribution in [-0.2, 0) is 4.74 Å². The van der Waals surface area contributed by atoms with E-state index in [4.69, 9.17) is 5.73 Å². The van der Waals surface area contributed by atoms with Crippen LogP contribution >= 0.6 is 0 Å². The molecule has 0 heterocycles. The molecule has 0 aliphatic carbocycles. The molecular formula is C7H13NO2. The molecule has 1 amide bonds. The third-order valence-corrected chi connectivity index (χ3v) is 0.944. The van der Waals surface area contributed by atoms with Crippen molar-refractivity contribution >= 4 is 6.09 Å². The molecule has 0 unspecified atom stereocenters. The van der Waals surface area contributed by atoms with Gasteiger partial charge in [0.2, 0.25) is 0 Å². The topological polar surface area (TPSA) is 52.3 Å². The minimum Gasteiger partial charge on any atom is -0.445 e. The van der Waals surface area contributed by atoms with E-state index in [1.54, 1.807) is 6.08 Å². The Bertz CT molecular complexity index is 121. The van der Waals surface area contributed by atoms with Gasteiger partial charge in [0, 0.05) is 0 Å². The van der Waals surface area contributed by atoms with E-state index in [1.807, 2.05) is 6.08 Å². The molecule has 0 fully saturated rings. The highest BCUT2D eigenvalue weighted by Gasteiger charge is 1.86. The Labute approximate surface area is 60.9 Å². The fourth-order valence-electron chi connectivity index (χ4n) is 0.483. The molecule has 0 aliphatic rings. The summed E-state index contributed by atoms with van der Waals surface area (Å²) in [7, 11) is 0. The minimum absolute atomic E-state index is 0.287. The van der Waals surface area contributed by atoms with Gasteiger partial charge in [-0.25, -0.2) is 4.79 Å². The van der Waals surface area contributed by atoms with E-state index < -0.39 is 6.09 Å². The van der Waals surface area contributed by atoms with E-state index >= 15 is 0 Å². The smallest absolute Gasteiger partial charge is 0.404 e. The first-order chi connectivity index (χ1) is 4.77. The third-order valence-electron chi connectivity index (χ3n) is 0.944. The summed E-state index contributed by atoms with van der Waals surface area (Å²) in [6, 6.07) is 0. The lowest BCUT2D eigenvalue weighted by molar-refractivity contribution is 0.169. The zero-order valence-electron chi connectivity index (χ0n) is 6.17. The van der Waals surface area contributed by atoms with Gasteiger partial charge in [-0.2, -0.15) is 0 Å². The van der Waals surface area contributed by atoms with Gasteiger partial charge in [-0.05, 0) is 6.42 Å². The molecule has 10 heavy (non-hydrogen) atoms. The summed E-state index contributed by atoms with van der Waals surface area (Å²) in [6.45, 7) is 2.37. The van der Waals surface area contributed by atoms with Crippen molar-refractivity contribution in [1.29, 1.82) is 0 Å². The summed E-state index contributed by atoms with van der Waals surface area (Å²) in [4.78, 5) is 10.00. The first kappa shape index (κ1) is 9.01. The molecule has 0 aromatic rings. The maximum Gasteiger partial charge on any atom is 0.404 e. The quantitative estimate of drug-likeness (QED) is 0.605. The predicted octanol–water partition coefficient (Wildman–Crippen LogP) is 1.44. The number of amides is 1. The van der Waals surface area contributed by atoms with Crippen molar-refractivity contribution in [2.24, 2.45) is 5.73 Å². The molecule has 0 aliphatic heterocycles. The summed E-state index contributed by atoms with van der Waals surface area (Å²) in [6.07, 6.45) is 5.15. The number of nitrogens with two attached hydrogens (primary N) is 1. The molecular weight excluding hydrogens is 130 g/mol. The minimum atomic E-state index is -0.721. The van der Waals surface area contributed by atoms with Crippen LogP contribution < -0.4 is 5.73 Å². The van der Waals surface area contributed by atoms with Crippen LogP contribution in [0.25, 0.3) is 0 Å². The lowest BCUT2D eigenvalue weighted by Gasteiger charge is -1.92. The second-order valence-corrected chi connectivity index (χ2v) is 1.89. The van der Waals surface area contributed by atoms with E-state index in [1.165, 1.54) is 0 Å². The number of ether oxygens (including phenoxy) is 1. The van der Waals surface area contributed by atoms with Crippen molar-refractivity contribution in [1.82, 2.24) is 0 Å². The van der Waals surface area contributed by atoms with Gasteiger partial charge in [0.15, 0.2) is 0 Å². The lowest BCUT2D eigenvalue weighted by Crippen LogP contribution is -2.12. The number of carbonyl (C=O) groups excluding carboxylic acids is 1. The highest BCUT2D eigenvalue weighted by atomic mass is 16.5. The fourth-order valence-corrected chi connectivity index (χ4v) is 0.483. The molecule has 0 spiro atoms. The van der Waals surface area contributed by atoms with E-state index in [0.29, 0.717) is 0 Å². The van der Waals surface area contributed by atoms with Gasteiger partial charge in [0.25, 0.3) is 0 Å². The van der Waals surface area contributed by atoms with Crippen LogP contribution in [0.1, 0.15) is 19.8 Å². The number of rotatable bonds is 4. The van der Waals surface area contributed by atoms with Crippen molar-refractivity contribution in [2.45, 2.75) is 19.8 Å². The van der Waals surface area contributed by atoms with E-state index in [9.17, 15) is 4.79 Å². The second-order valence-electron chi connectivity index (χ2n) is 1.89. The van der Waals surface area contributed by atoms with Gasteiger partial charge < -0.3 is 10.5 Å². The number of unbranched alkanes of at least 4 members (excludes halogenated alkanes) is 1. The SMILES string of the molecule is CCC/C=C\COC(N)=O. The van der Waals surface area contributed by atoms with Gasteiger partial charge in [-0.1, -0.05) is 25.5 Å². The Kier molecular flexibility index (Phi) is 5.53. The molecule has 0 radical (unpaired) electrons. The first-order valence-corrected chi connectivity index (χ1v) is 3.34. The zero-order chi connectivity index (χ0) is 7.82. The van der Waals surface area contributed by atoms with Gasteiger partial charge in [-0.15, -0.1) is 0 Å². The molecule has 0 atom stereocenters. The van der Waals surface area contributed by atoms with Gasteiger partial charge >= 0.3 is 6.09 Å². The van der Waals surface area contributed by atoms with Crippen molar-refractivity contribution in [3.05, 3.63) is 12.2 Å². The van der Waals surface area contributed by atoms with Crippen LogP contribution in [0.2, 0.25) is 0 Å². The maximum absolute atomic E-state index is 10.00. The fraction of sp³-hybridized carbons (Fsp3) is 0.571. The van der Waals surface area contributed by atoms with Gasteiger partial charge in [0.05, 0.1) is 0 Å². The predicted molar refractivity (Wildman–Crippen MR) is 39.6 cm³/mol. The number of hydrogen-bond acceptors (Lipinski definition) is 2. The lowest BCUT2D eigenvalue weighted by atomic mass is 10.3. The molecule has 3 nitrogen and oxygen atoms in total. The van der Waals surface area contributed by atoms with Crippen LogP contribution in [0.4, 0.5) is 4.79 Å². The highest BCUT2D eigenvalue weighted by Crippen LogP contribution is 1.87. The van der Waals surface area contributed by atoms with Crippen molar-refractivity contribution in [3.8, 4) is 0 Å². The Balaban J connectivity index is 3.10. The Morgan fingerprint density at radius 1 is 1.60 bits per heavy atom. The molecule has 2 N–H and O–H groups in total. The number of carbonyl (C=O) groups is 1. The molecule has 0 saturated carbocycles. The summed E-state index contributed by atoms with van der Waals surface area (Å²) in [5.41, 5.74) is 4.71. The second kappa shape index (κ2) is 6.13. The highest BCUT2D eigenvalue weighted by molar-refractivity contribution is 5.64. The summed E-state index contributed by atoms with van der Waals surface area (Å²) < 4.78 is 4.44. The summed E-state index contributed by atoms with van der Waals surface area (Å²) in [5.74, 6) is 0. The van der Waals surface area contributed by atoms with Crippen molar-refractivity contribution in [3.63, 3.8) is 0 Å². The average molecular weight is 143 g/mol. The van der Waals surface area contributed by atoms with Crippen LogP contribution in [0, 0.1) is 0 Å². The standard InChI is InChI=1S/C7H13NO2/c1-2-3-4-5-6-10-7(8)9/h4-5H,2-3,6H2,1H3,(H2,8,9)/b5-4-. The molecule has 0 saturated heterocycles. The Morgan fingerprint density at radius 3 is 2.80 bits per heavy atom. The Hall–Kier alpha value is -0.990. The number of hydrogen-bond donors (Lipinski definition) is 1. The summed E-state index contributed by atoms with van der Waals surface area (Å²) in [5, 5.41) is 0. The number of primary amides is 1. The van der Waals surface area contributed by atoms with Crippen LogP contribution in [0.5, 0.6) is 0 Å². The van der Waals surface area contributed by atoms with E-state index in [-0.39, 0.29) is 6.61 Å². The summed E-state index contributed by atoms with van der Waals surface area (Å²) >= 11 is 0. The van der Waals surface area contributed by atoms with Crippen molar-refractivity contribution < 1.29 is 9.53 Å². The average Bonchev–Trinajstić information content (AvgIpc) is 1.87. The zero-order valence-corrected chi connectivity index (χ0v) is 6.17. The largest absolute Gasteiger partial charge is 0.445 e. The van der Waals surface area contributed by atoms with Gasteiger partial charge in [-0.3, -0.25) is 0 Å². The van der Waals surface area contributed by atoms with Crippen LogP contribution in [-0.4, -0.2) is 12.7 Å². The van der Waals surface area contributed by atoms with Crippen molar-refractivity contribution in [2.75, 3.05) is 6.61 Å². The van der Waals surface area contributed by atoms with Crippen LogP contribution in [0.3, 0.4) is 0 Å². The molecule has 58 valence electrons. The third kappa shape index (κ3) is 7.01. The molecule has 0 bridgehead atoms. The molecule has 0 aromatic heterocycles. The van der Waals surface area contributed by atoms with E-state index in [2.05, 4.69) is 11.7 Å². The maximum atomic E-state index is 10.00. The van der Waals surface area contributed by atoms with E-state index in [0.717, 1.165) is 12.8 Å². The first-order valence-electron chi connectivity index (χ1n) is 3.34. The molecule has 0 rings (SSSR count). The molecule has 3 heteroatoms. The number of allylic oxidation sites excluding steroid dienone is 1. The van der Waals surface area contributed by atoms with Gasteiger partial charge in [0.1, 0.15) is 6.61 Å². The van der Waals surface area contributed by atoms with Crippen LogP contribution in [0.15, 0.2) is 12.2 Å². The normalized spacial score (nSPS) is 10.1.